The number of ketones is 1. The van der Waals surface area contributed by atoms with Gasteiger partial charge in [0, 0.05) is 25.3 Å². The number of amides is 5. The number of thiazole rings is 1. The van der Waals surface area contributed by atoms with Gasteiger partial charge in [0.05, 0.1) is 0 Å². The lowest BCUT2D eigenvalue weighted by Gasteiger charge is -2.29. The summed E-state index contributed by atoms with van der Waals surface area (Å²) in [6, 6.07) is 12.5. The highest BCUT2D eigenvalue weighted by Crippen LogP contribution is 2.32. The first-order valence-corrected chi connectivity index (χ1v) is 13.0. The monoisotopic (exact) mass is 549 g/mol. The number of carbonyl (C=O) groups is 5. The number of nitrogens with zero attached hydrogens (tertiary/aromatic N) is 2. The van der Waals surface area contributed by atoms with Gasteiger partial charge in [-0.3, -0.25) is 19.2 Å². The number of imide groups is 1. The van der Waals surface area contributed by atoms with Crippen LogP contribution in [0.5, 0.6) is 5.75 Å². The minimum Gasteiger partial charge on any atom is -0.484 e. The Morgan fingerprint density at radius 2 is 1.79 bits per heavy atom. The van der Waals surface area contributed by atoms with Crippen molar-refractivity contribution < 1.29 is 28.7 Å². The summed E-state index contributed by atoms with van der Waals surface area (Å²) < 4.78 is 5.39. The second-order valence-corrected chi connectivity index (χ2v) is 9.71. The van der Waals surface area contributed by atoms with Crippen LogP contribution in [0, 0.1) is 0 Å². The summed E-state index contributed by atoms with van der Waals surface area (Å²) in [7, 11) is 1.50. The molecule has 3 atom stereocenters. The van der Waals surface area contributed by atoms with Crippen molar-refractivity contribution in [2.45, 2.75) is 31.8 Å². The van der Waals surface area contributed by atoms with E-state index in [0.717, 1.165) is 21.8 Å². The van der Waals surface area contributed by atoms with Crippen LogP contribution in [-0.2, 0) is 14.4 Å². The maximum absolute atomic E-state index is 13.6. The predicted octanol–water partition coefficient (Wildman–Crippen LogP) is 2.87. The van der Waals surface area contributed by atoms with Gasteiger partial charge in [-0.1, -0.05) is 49.4 Å². The molecule has 2 aromatic carbocycles. The van der Waals surface area contributed by atoms with Gasteiger partial charge in [-0.05, 0) is 23.3 Å². The van der Waals surface area contributed by atoms with Gasteiger partial charge < -0.3 is 20.7 Å². The number of nitrogens with one attached hydrogen (secondary N) is 3. The van der Waals surface area contributed by atoms with Crippen molar-refractivity contribution in [3.8, 4) is 5.75 Å². The quantitative estimate of drug-likeness (QED) is 0.260. The number of Topliss-reactive ketones (excluding diaryl/α,β-unsaturated/α-hetero) is 1. The SMILES string of the molecule is CNC(=O)COc1ccc(C2NC(=O)N([C@H](C(=O)Nc3nc(C(C)=O)cs3)[C@@H](C)c3ccccc3)C2=O)cc1. The molecule has 3 N–H and O–H groups in total. The summed E-state index contributed by atoms with van der Waals surface area (Å²) in [6.07, 6.45) is 0. The molecule has 11 nitrogen and oxygen atoms in total. The van der Waals surface area contributed by atoms with E-state index < -0.39 is 35.8 Å². The molecule has 0 bridgehead atoms. The molecule has 0 spiro atoms. The van der Waals surface area contributed by atoms with Crippen molar-refractivity contribution in [1.82, 2.24) is 20.5 Å². The molecule has 39 heavy (non-hydrogen) atoms. The average molecular weight is 550 g/mol. The lowest BCUT2D eigenvalue weighted by molar-refractivity contribution is -0.134. The van der Waals surface area contributed by atoms with Crippen LogP contribution in [0.4, 0.5) is 9.93 Å². The number of likely N-dealkylation sites (N-methyl/N-ethyl adjacent to an activating group) is 1. The highest BCUT2D eigenvalue weighted by atomic mass is 32.1. The van der Waals surface area contributed by atoms with Crippen LogP contribution >= 0.6 is 11.3 Å². The van der Waals surface area contributed by atoms with Crippen molar-refractivity contribution in [2.75, 3.05) is 19.0 Å². The Hall–Kier alpha value is -4.58. The van der Waals surface area contributed by atoms with E-state index in [1.54, 1.807) is 31.2 Å². The average Bonchev–Trinajstić information content (AvgIpc) is 3.52. The maximum atomic E-state index is 13.6. The van der Waals surface area contributed by atoms with Crippen molar-refractivity contribution >= 4 is 46.0 Å². The highest BCUT2D eigenvalue weighted by Gasteiger charge is 2.47. The molecule has 3 aromatic rings. The van der Waals surface area contributed by atoms with E-state index in [4.69, 9.17) is 4.74 Å². The number of carbonyl (C=O) groups excluding carboxylic acids is 5. The third-order valence-electron chi connectivity index (χ3n) is 6.27. The zero-order valence-electron chi connectivity index (χ0n) is 21.5. The molecule has 0 saturated carbocycles. The van der Waals surface area contributed by atoms with E-state index in [2.05, 4.69) is 20.9 Å². The molecule has 2 heterocycles. The topological polar surface area (TPSA) is 147 Å². The summed E-state index contributed by atoms with van der Waals surface area (Å²) in [6.45, 7) is 2.97. The molecule has 1 aliphatic heterocycles. The van der Waals surface area contributed by atoms with Gasteiger partial charge in [0.2, 0.25) is 5.91 Å². The molecule has 0 aliphatic carbocycles. The van der Waals surface area contributed by atoms with Crippen LogP contribution in [0.3, 0.4) is 0 Å². The fourth-order valence-corrected chi connectivity index (χ4v) is 4.89. The summed E-state index contributed by atoms with van der Waals surface area (Å²) in [5, 5.41) is 9.51. The van der Waals surface area contributed by atoms with Gasteiger partial charge >= 0.3 is 6.03 Å². The Bertz CT molecular complexity index is 1390. The number of hydrogen-bond donors (Lipinski definition) is 3. The Morgan fingerprint density at radius 1 is 1.10 bits per heavy atom. The Balaban J connectivity index is 1.59. The molecule has 12 heteroatoms. The fraction of sp³-hybridized carbons (Fsp3) is 0.259. The van der Waals surface area contributed by atoms with Crippen LogP contribution in [0.1, 0.15) is 47.4 Å². The van der Waals surface area contributed by atoms with Crippen molar-refractivity contribution in [1.29, 1.82) is 0 Å². The van der Waals surface area contributed by atoms with Crippen molar-refractivity contribution in [3.05, 3.63) is 76.8 Å². The molecule has 1 unspecified atom stereocenters. The van der Waals surface area contributed by atoms with Crippen molar-refractivity contribution in [2.24, 2.45) is 0 Å². The minimum absolute atomic E-state index is 0.163. The van der Waals surface area contributed by atoms with E-state index in [-0.39, 0.29) is 29.1 Å². The van der Waals surface area contributed by atoms with Crippen LogP contribution < -0.4 is 20.7 Å². The van der Waals surface area contributed by atoms with Gasteiger partial charge in [-0.15, -0.1) is 11.3 Å². The number of hydrogen-bond acceptors (Lipinski definition) is 8. The smallest absolute Gasteiger partial charge is 0.325 e. The van der Waals surface area contributed by atoms with E-state index in [9.17, 15) is 24.0 Å². The lowest BCUT2D eigenvalue weighted by Crippen LogP contribution is -2.50. The van der Waals surface area contributed by atoms with E-state index in [0.29, 0.717) is 11.3 Å². The minimum atomic E-state index is -1.20. The molecule has 0 radical (unpaired) electrons. The van der Waals surface area contributed by atoms with E-state index in [1.807, 2.05) is 30.3 Å². The number of anilines is 1. The molecule has 202 valence electrons. The summed E-state index contributed by atoms with van der Waals surface area (Å²) in [4.78, 5) is 68.5. The van der Waals surface area contributed by atoms with Gasteiger partial charge in [-0.2, -0.15) is 0 Å². The molecule has 1 saturated heterocycles. The Labute approximate surface area is 228 Å². The largest absolute Gasteiger partial charge is 0.484 e. The Kier molecular flexibility index (Phi) is 8.35. The normalized spacial score (nSPS) is 16.3. The van der Waals surface area contributed by atoms with Crippen LogP contribution in [0.2, 0.25) is 0 Å². The second kappa shape index (κ2) is 11.9. The van der Waals surface area contributed by atoms with Crippen LogP contribution in [0.15, 0.2) is 60.0 Å². The molecule has 4 rings (SSSR count). The van der Waals surface area contributed by atoms with Gasteiger partial charge in [-0.25, -0.2) is 14.7 Å². The zero-order chi connectivity index (χ0) is 28.1. The number of aromatic nitrogens is 1. The zero-order valence-corrected chi connectivity index (χ0v) is 22.3. The molecular weight excluding hydrogens is 522 g/mol. The highest BCUT2D eigenvalue weighted by molar-refractivity contribution is 7.14. The first-order chi connectivity index (χ1) is 18.7. The van der Waals surface area contributed by atoms with E-state index in [1.165, 1.54) is 19.4 Å². The Morgan fingerprint density at radius 3 is 2.41 bits per heavy atom. The molecule has 1 aromatic heterocycles. The molecule has 1 aliphatic rings. The first-order valence-electron chi connectivity index (χ1n) is 12.1. The molecular formula is C27H27N5O6S. The van der Waals surface area contributed by atoms with Gasteiger partial charge in [0.15, 0.2) is 17.5 Å². The fourth-order valence-electron chi connectivity index (χ4n) is 4.14. The third kappa shape index (κ3) is 6.12. The summed E-state index contributed by atoms with van der Waals surface area (Å²) in [5.74, 6) is -1.89. The number of urea groups is 1. The first kappa shape index (κ1) is 27.5. The van der Waals surface area contributed by atoms with Crippen LogP contribution in [-0.4, -0.2) is 59.1 Å². The van der Waals surface area contributed by atoms with Gasteiger partial charge in [0.1, 0.15) is 23.5 Å². The summed E-state index contributed by atoms with van der Waals surface area (Å²) in [5.41, 5.74) is 1.45. The number of rotatable bonds is 10. The lowest BCUT2D eigenvalue weighted by atomic mass is 9.91. The molecule has 1 fully saturated rings. The summed E-state index contributed by atoms with van der Waals surface area (Å²) >= 11 is 1.08. The number of ether oxygens (including phenoxy) is 1. The maximum Gasteiger partial charge on any atom is 0.325 e. The van der Waals surface area contributed by atoms with Crippen LogP contribution in [0.25, 0.3) is 0 Å². The second-order valence-electron chi connectivity index (χ2n) is 8.85. The standard InChI is InChI=1S/C27H27N5O6S/c1-15(17-7-5-4-6-8-17)23(24(35)31-26-29-20(14-39-26)16(2)33)32-25(36)22(30-27(32)37)18-9-11-19(12-10-18)38-13-21(34)28-3/h4-12,14-15,22-23H,13H2,1-3H3,(H,28,34)(H,30,37)(H,29,31,35)/t15-,22?,23-/m0/s1. The van der Waals surface area contributed by atoms with Crippen molar-refractivity contribution in [3.63, 3.8) is 0 Å². The van der Waals surface area contributed by atoms with Gasteiger partial charge in [0.25, 0.3) is 11.8 Å². The molecule has 5 amide bonds. The predicted molar refractivity (Wildman–Crippen MR) is 144 cm³/mol. The third-order valence-corrected chi connectivity index (χ3v) is 7.03. The number of benzene rings is 2. The van der Waals surface area contributed by atoms with E-state index >= 15 is 0 Å².